The monoisotopic (exact) mass is 218 g/mol. The van der Waals surface area contributed by atoms with Crippen LogP contribution in [0.5, 0.6) is 0 Å². The van der Waals surface area contributed by atoms with E-state index in [-0.39, 0.29) is 0 Å². The van der Waals surface area contributed by atoms with Crippen LogP contribution in [0.15, 0.2) is 12.5 Å². The summed E-state index contributed by atoms with van der Waals surface area (Å²) in [5.41, 5.74) is 6.58. The van der Waals surface area contributed by atoms with Crippen molar-refractivity contribution in [2.24, 2.45) is 0 Å². The lowest BCUT2D eigenvalue weighted by molar-refractivity contribution is 0.484. The number of rotatable bonds is 2. The zero-order valence-corrected chi connectivity index (χ0v) is 8.93. The molecular formula is C10H14N6. The van der Waals surface area contributed by atoms with E-state index in [4.69, 9.17) is 5.73 Å². The number of aromatic nitrogens is 4. The van der Waals surface area contributed by atoms with E-state index in [1.165, 1.54) is 19.2 Å². The van der Waals surface area contributed by atoms with Gasteiger partial charge in [0.05, 0.1) is 18.1 Å². The topological polar surface area (TPSA) is 81.7 Å². The highest BCUT2D eigenvalue weighted by molar-refractivity contribution is 5.84. The van der Waals surface area contributed by atoms with Gasteiger partial charge in [-0.25, -0.2) is 14.6 Å². The lowest BCUT2D eigenvalue weighted by Crippen LogP contribution is -2.27. The Kier molecular flexibility index (Phi) is 2.21. The van der Waals surface area contributed by atoms with E-state index in [0.29, 0.717) is 11.9 Å². The summed E-state index contributed by atoms with van der Waals surface area (Å²) in [5, 5.41) is 8.59. The summed E-state index contributed by atoms with van der Waals surface area (Å²) < 4.78 is 1.90. The third-order valence-corrected chi connectivity index (χ3v) is 3.02. The van der Waals surface area contributed by atoms with Gasteiger partial charge >= 0.3 is 0 Å². The fourth-order valence-electron chi connectivity index (χ4n) is 2.17. The van der Waals surface area contributed by atoms with Gasteiger partial charge in [0.15, 0.2) is 5.65 Å². The van der Waals surface area contributed by atoms with Crippen molar-refractivity contribution in [3.8, 4) is 0 Å². The molecule has 0 radical (unpaired) electrons. The van der Waals surface area contributed by atoms with Crippen LogP contribution in [0, 0.1) is 0 Å². The second-order valence-electron chi connectivity index (χ2n) is 4.12. The van der Waals surface area contributed by atoms with Crippen LogP contribution in [0.2, 0.25) is 0 Å². The summed E-state index contributed by atoms with van der Waals surface area (Å²) in [5.74, 6) is 0.496. The molecule has 2 aromatic heterocycles. The average Bonchev–Trinajstić information content (AvgIpc) is 2.90. The van der Waals surface area contributed by atoms with Crippen LogP contribution in [0.1, 0.15) is 12.8 Å². The molecule has 1 aliphatic heterocycles. The number of fused-ring (bicyclic) bond motifs is 1. The first kappa shape index (κ1) is 9.53. The van der Waals surface area contributed by atoms with Crippen LogP contribution in [0.25, 0.3) is 11.0 Å². The molecule has 1 aliphatic rings. The highest BCUT2D eigenvalue weighted by atomic mass is 15.3. The van der Waals surface area contributed by atoms with Gasteiger partial charge in [0.1, 0.15) is 12.1 Å². The van der Waals surface area contributed by atoms with Crippen molar-refractivity contribution in [2.75, 3.05) is 12.3 Å². The highest BCUT2D eigenvalue weighted by Crippen LogP contribution is 2.16. The van der Waals surface area contributed by atoms with E-state index in [0.717, 1.165) is 24.1 Å². The van der Waals surface area contributed by atoms with E-state index < -0.39 is 0 Å². The van der Waals surface area contributed by atoms with Crippen molar-refractivity contribution >= 4 is 16.9 Å². The summed E-state index contributed by atoms with van der Waals surface area (Å²) in [6, 6.07) is 0.499. The van der Waals surface area contributed by atoms with Crippen LogP contribution in [-0.4, -0.2) is 32.3 Å². The number of nitrogens with one attached hydrogen (secondary N) is 1. The first-order valence-corrected chi connectivity index (χ1v) is 5.50. The van der Waals surface area contributed by atoms with Crippen molar-refractivity contribution < 1.29 is 0 Å². The molecule has 84 valence electrons. The van der Waals surface area contributed by atoms with Crippen molar-refractivity contribution in [1.82, 2.24) is 25.1 Å². The summed E-state index contributed by atoms with van der Waals surface area (Å²) in [4.78, 5) is 8.18. The van der Waals surface area contributed by atoms with Crippen molar-refractivity contribution in [3.05, 3.63) is 12.5 Å². The molecular weight excluding hydrogens is 204 g/mol. The van der Waals surface area contributed by atoms with Crippen LogP contribution in [0.3, 0.4) is 0 Å². The molecule has 1 saturated heterocycles. The molecule has 3 rings (SSSR count). The molecule has 0 unspecified atom stereocenters. The smallest absolute Gasteiger partial charge is 0.163 e. The molecule has 2 aromatic rings. The van der Waals surface area contributed by atoms with Gasteiger partial charge in [0.25, 0.3) is 0 Å². The SMILES string of the molecule is Nc1ncnc2c1cnn2C[C@H]1CCCN1. The first-order valence-electron chi connectivity index (χ1n) is 5.50. The molecule has 1 fully saturated rings. The summed E-state index contributed by atoms with van der Waals surface area (Å²) in [7, 11) is 0. The summed E-state index contributed by atoms with van der Waals surface area (Å²) >= 11 is 0. The van der Waals surface area contributed by atoms with Crippen LogP contribution < -0.4 is 11.1 Å². The minimum atomic E-state index is 0.496. The Labute approximate surface area is 92.9 Å². The summed E-state index contributed by atoms with van der Waals surface area (Å²) in [6.07, 6.45) is 5.65. The normalized spacial score (nSPS) is 20.6. The molecule has 3 heterocycles. The van der Waals surface area contributed by atoms with Crippen LogP contribution in [-0.2, 0) is 6.54 Å². The van der Waals surface area contributed by atoms with Gasteiger partial charge in [-0.2, -0.15) is 5.10 Å². The Hall–Kier alpha value is -1.69. The second kappa shape index (κ2) is 3.71. The zero-order valence-electron chi connectivity index (χ0n) is 8.93. The van der Waals surface area contributed by atoms with Crippen molar-refractivity contribution in [1.29, 1.82) is 0 Å². The third kappa shape index (κ3) is 1.51. The van der Waals surface area contributed by atoms with Crippen LogP contribution in [0.4, 0.5) is 5.82 Å². The van der Waals surface area contributed by atoms with Crippen LogP contribution >= 0.6 is 0 Å². The highest BCUT2D eigenvalue weighted by Gasteiger charge is 2.16. The maximum Gasteiger partial charge on any atom is 0.163 e. The third-order valence-electron chi connectivity index (χ3n) is 3.02. The van der Waals surface area contributed by atoms with Crippen molar-refractivity contribution in [2.45, 2.75) is 25.4 Å². The quantitative estimate of drug-likeness (QED) is 0.750. The minimum Gasteiger partial charge on any atom is -0.383 e. The van der Waals surface area contributed by atoms with Gasteiger partial charge in [0.2, 0.25) is 0 Å². The van der Waals surface area contributed by atoms with E-state index in [1.807, 2.05) is 4.68 Å². The molecule has 6 nitrogen and oxygen atoms in total. The Morgan fingerprint density at radius 1 is 1.50 bits per heavy atom. The van der Waals surface area contributed by atoms with E-state index >= 15 is 0 Å². The largest absolute Gasteiger partial charge is 0.383 e. The molecule has 3 N–H and O–H groups in total. The Balaban J connectivity index is 1.94. The maximum absolute atomic E-state index is 5.76. The van der Waals surface area contributed by atoms with Gasteiger partial charge in [-0.05, 0) is 19.4 Å². The molecule has 1 atom stereocenters. The van der Waals surface area contributed by atoms with E-state index in [2.05, 4.69) is 20.4 Å². The maximum atomic E-state index is 5.76. The fourth-order valence-corrected chi connectivity index (χ4v) is 2.17. The van der Waals surface area contributed by atoms with Gasteiger partial charge < -0.3 is 11.1 Å². The van der Waals surface area contributed by atoms with E-state index in [1.54, 1.807) is 6.20 Å². The van der Waals surface area contributed by atoms with Crippen molar-refractivity contribution in [3.63, 3.8) is 0 Å². The number of hydrogen-bond donors (Lipinski definition) is 2. The Morgan fingerprint density at radius 3 is 3.25 bits per heavy atom. The number of nitrogens with zero attached hydrogens (tertiary/aromatic N) is 4. The molecule has 0 saturated carbocycles. The fraction of sp³-hybridized carbons (Fsp3) is 0.500. The molecule has 0 bridgehead atoms. The molecule has 0 amide bonds. The zero-order chi connectivity index (χ0) is 11.0. The number of anilines is 1. The predicted molar refractivity (Wildman–Crippen MR) is 60.8 cm³/mol. The number of nitrogen functional groups attached to an aromatic ring is 1. The second-order valence-corrected chi connectivity index (χ2v) is 4.12. The number of nitrogens with two attached hydrogens (primary N) is 1. The summed E-state index contributed by atoms with van der Waals surface area (Å²) in [6.45, 7) is 1.95. The Morgan fingerprint density at radius 2 is 2.44 bits per heavy atom. The molecule has 0 aliphatic carbocycles. The molecule has 16 heavy (non-hydrogen) atoms. The van der Waals surface area contributed by atoms with Gasteiger partial charge in [-0.15, -0.1) is 0 Å². The molecule has 6 heteroatoms. The molecule has 0 spiro atoms. The Bertz CT molecular complexity index is 499. The minimum absolute atomic E-state index is 0.496. The predicted octanol–water partition coefficient (Wildman–Crippen LogP) is 0.160. The molecule has 0 aromatic carbocycles. The van der Waals surface area contributed by atoms with E-state index in [9.17, 15) is 0 Å². The number of hydrogen-bond acceptors (Lipinski definition) is 5. The van der Waals surface area contributed by atoms with Gasteiger partial charge in [-0.3, -0.25) is 0 Å². The average molecular weight is 218 g/mol. The lowest BCUT2D eigenvalue weighted by atomic mass is 10.2. The standard InChI is InChI=1S/C10H14N6/c11-9-8-4-15-16(10(8)14-6-13-9)5-7-2-1-3-12-7/h4,6-7,12H,1-3,5H2,(H2,11,13,14)/t7-/m1/s1. The van der Waals surface area contributed by atoms with Gasteiger partial charge in [0, 0.05) is 6.04 Å². The first-order chi connectivity index (χ1) is 7.84. The van der Waals surface area contributed by atoms with Gasteiger partial charge in [-0.1, -0.05) is 0 Å². The lowest BCUT2D eigenvalue weighted by Gasteiger charge is -2.10.